The molecule has 0 heterocycles. The molecule has 1 aliphatic carbocycles. The van der Waals surface area contributed by atoms with E-state index in [0.717, 1.165) is 37.8 Å². The van der Waals surface area contributed by atoms with Gasteiger partial charge in [0, 0.05) is 25.6 Å². The molecule has 0 bridgehead atoms. The normalized spacial score (nSPS) is 15.0. The van der Waals surface area contributed by atoms with Crippen LogP contribution in [-0.4, -0.2) is 60.5 Å². The van der Waals surface area contributed by atoms with E-state index in [1.54, 1.807) is 6.92 Å². The van der Waals surface area contributed by atoms with E-state index in [1.165, 1.54) is 12.8 Å². The lowest BCUT2D eigenvalue weighted by Crippen LogP contribution is -2.46. The third-order valence-electron chi connectivity index (χ3n) is 5.80. The van der Waals surface area contributed by atoms with Crippen molar-refractivity contribution in [2.24, 2.45) is 5.92 Å². The molecule has 2 rings (SSSR count). The second-order valence-corrected chi connectivity index (χ2v) is 8.93. The summed E-state index contributed by atoms with van der Waals surface area (Å²) in [6.07, 6.45) is 6.06. The number of nitrogens with one attached hydrogen (secondary N) is 1. The smallest absolute Gasteiger partial charge is 0.333 e. The van der Waals surface area contributed by atoms with E-state index in [4.69, 9.17) is 9.47 Å². The van der Waals surface area contributed by atoms with E-state index >= 15 is 0 Å². The van der Waals surface area contributed by atoms with Gasteiger partial charge < -0.3 is 24.8 Å². The van der Waals surface area contributed by atoms with Crippen LogP contribution in [0.25, 0.3) is 0 Å². The Labute approximate surface area is 192 Å². The first-order valence-corrected chi connectivity index (χ1v) is 12.0. The molecule has 1 aromatic carbocycles. The van der Waals surface area contributed by atoms with E-state index in [9.17, 15) is 14.7 Å². The molecule has 1 aliphatic rings. The fraction of sp³-hybridized carbons (Fsp3) is 0.680. The van der Waals surface area contributed by atoms with Gasteiger partial charge in [-0.25, -0.2) is 9.59 Å². The fourth-order valence-electron chi connectivity index (χ4n) is 3.97. The van der Waals surface area contributed by atoms with Crippen molar-refractivity contribution >= 4 is 12.0 Å². The molecule has 0 spiro atoms. The predicted molar refractivity (Wildman–Crippen MR) is 125 cm³/mol. The Morgan fingerprint density at radius 1 is 1.16 bits per heavy atom. The van der Waals surface area contributed by atoms with Gasteiger partial charge >= 0.3 is 12.0 Å². The molecule has 0 saturated heterocycles. The van der Waals surface area contributed by atoms with Crippen molar-refractivity contribution in [2.45, 2.75) is 77.9 Å². The molecule has 0 aromatic heterocycles. The second-order valence-electron chi connectivity index (χ2n) is 8.93. The van der Waals surface area contributed by atoms with Gasteiger partial charge in [0.1, 0.15) is 12.4 Å². The van der Waals surface area contributed by atoms with Crippen LogP contribution in [0.2, 0.25) is 0 Å². The number of carboxylic acids is 1. The van der Waals surface area contributed by atoms with Gasteiger partial charge in [-0.2, -0.15) is 0 Å². The number of ether oxygens (including phenoxy) is 2. The second kappa shape index (κ2) is 14.0. The standard InChI is InChI=1S/C25H40N2O5/c1-4-31-23(24(28)29)18-20-11-13-22(14-12-20)32-17-16-27(15-7-8-19(2)3)25(30)26-21-9-5-6-10-21/h11-14,19,21,23H,4-10,15-18H2,1-3H3,(H,26,30)(H,28,29). The van der Waals surface area contributed by atoms with Gasteiger partial charge in [-0.15, -0.1) is 0 Å². The Kier molecular flexibility index (Phi) is 11.4. The summed E-state index contributed by atoms with van der Waals surface area (Å²) in [5.74, 6) is 0.365. The Balaban J connectivity index is 1.84. The Morgan fingerprint density at radius 3 is 2.44 bits per heavy atom. The molecule has 1 aromatic rings. The Bertz CT molecular complexity index is 686. The zero-order chi connectivity index (χ0) is 23.3. The topological polar surface area (TPSA) is 88.1 Å². The quantitative estimate of drug-likeness (QED) is 0.438. The molecular formula is C25H40N2O5. The number of aliphatic carboxylic acids is 1. The minimum atomic E-state index is -0.958. The number of nitrogens with zero attached hydrogens (tertiary/aromatic N) is 1. The number of hydrogen-bond donors (Lipinski definition) is 2. The maximum atomic E-state index is 12.8. The highest BCUT2D eigenvalue weighted by molar-refractivity contribution is 5.74. The molecule has 1 fully saturated rings. The predicted octanol–water partition coefficient (Wildman–Crippen LogP) is 4.49. The highest BCUT2D eigenvalue weighted by Crippen LogP contribution is 2.18. The van der Waals surface area contributed by atoms with E-state index in [2.05, 4.69) is 19.2 Å². The summed E-state index contributed by atoms with van der Waals surface area (Å²) in [7, 11) is 0. The van der Waals surface area contributed by atoms with Crippen molar-refractivity contribution in [3.8, 4) is 5.75 Å². The number of carbonyl (C=O) groups is 2. The molecule has 0 aliphatic heterocycles. The third kappa shape index (κ3) is 9.47. The molecule has 1 atom stereocenters. The van der Waals surface area contributed by atoms with Crippen LogP contribution in [-0.2, 0) is 16.0 Å². The number of hydrogen-bond acceptors (Lipinski definition) is 4. The van der Waals surface area contributed by atoms with E-state index in [1.807, 2.05) is 29.2 Å². The fourth-order valence-corrected chi connectivity index (χ4v) is 3.97. The van der Waals surface area contributed by atoms with Gasteiger partial charge in [0.25, 0.3) is 0 Å². The van der Waals surface area contributed by atoms with Gasteiger partial charge in [-0.3, -0.25) is 0 Å². The summed E-state index contributed by atoms with van der Waals surface area (Å²) in [5, 5.41) is 12.4. The van der Waals surface area contributed by atoms with Gasteiger partial charge in [0.05, 0.1) is 6.54 Å². The largest absolute Gasteiger partial charge is 0.492 e. The molecular weight excluding hydrogens is 408 g/mol. The highest BCUT2D eigenvalue weighted by Gasteiger charge is 2.21. The Morgan fingerprint density at radius 2 is 1.84 bits per heavy atom. The molecule has 7 heteroatoms. The average molecular weight is 449 g/mol. The zero-order valence-corrected chi connectivity index (χ0v) is 19.8. The molecule has 32 heavy (non-hydrogen) atoms. The van der Waals surface area contributed by atoms with Crippen molar-refractivity contribution in [3.63, 3.8) is 0 Å². The number of benzene rings is 1. The number of carbonyl (C=O) groups excluding carboxylic acids is 1. The molecule has 1 saturated carbocycles. The van der Waals surface area contributed by atoms with Crippen molar-refractivity contribution < 1.29 is 24.2 Å². The van der Waals surface area contributed by atoms with Crippen LogP contribution in [0.4, 0.5) is 4.79 Å². The van der Waals surface area contributed by atoms with Crippen LogP contribution in [0, 0.1) is 5.92 Å². The lowest BCUT2D eigenvalue weighted by atomic mass is 10.1. The number of amides is 2. The van der Waals surface area contributed by atoms with Crippen molar-refractivity contribution in [1.82, 2.24) is 10.2 Å². The van der Waals surface area contributed by atoms with Gasteiger partial charge in [0.15, 0.2) is 6.10 Å². The molecule has 0 radical (unpaired) electrons. The summed E-state index contributed by atoms with van der Waals surface area (Å²) in [6, 6.07) is 7.70. The molecule has 1 unspecified atom stereocenters. The van der Waals surface area contributed by atoms with Crippen LogP contribution < -0.4 is 10.1 Å². The van der Waals surface area contributed by atoms with Crippen LogP contribution in [0.3, 0.4) is 0 Å². The van der Waals surface area contributed by atoms with Crippen LogP contribution in [0.5, 0.6) is 5.75 Å². The molecule has 180 valence electrons. The van der Waals surface area contributed by atoms with Crippen LogP contribution >= 0.6 is 0 Å². The summed E-state index contributed by atoms with van der Waals surface area (Å²) in [6.45, 7) is 8.21. The van der Waals surface area contributed by atoms with Crippen LogP contribution in [0.15, 0.2) is 24.3 Å². The van der Waals surface area contributed by atoms with E-state index < -0.39 is 12.1 Å². The Hall–Kier alpha value is -2.28. The van der Waals surface area contributed by atoms with E-state index in [-0.39, 0.29) is 6.03 Å². The van der Waals surface area contributed by atoms with Crippen molar-refractivity contribution in [3.05, 3.63) is 29.8 Å². The average Bonchev–Trinajstić information content (AvgIpc) is 3.26. The van der Waals surface area contributed by atoms with Gasteiger partial charge in [-0.1, -0.05) is 38.8 Å². The first-order valence-electron chi connectivity index (χ1n) is 12.0. The summed E-state index contributed by atoms with van der Waals surface area (Å²) in [5.41, 5.74) is 0.879. The summed E-state index contributed by atoms with van der Waals surface area (Å²) >= 11 is 0. The first-order chi connectivity index (χ1) is 15.4. The van der Waals surface area contributed by atoms with Gasteiger partial charge in [-0.05, 0) is 56.2 Å². The lowest BCUT2D eigenvalue weighted by Gasteiger charge is -2.25. The third-order valence-corrected chi connectivity index (χ3v) is 5.80. The molecule has 2 amide bonds. The van der Waals surface area contributed by atoms with E-state index in [0.29, 0.717) is 43.9 Å². The van der Waals surface area contributed by atoms with Gasteiger partial charge in [0.2, 0.25) is 0 Å². The number of urea groups is 1. The first kappa shape index (κ1) is 26.0. The molecule has 7 nitrogen and oxygen atoms in total. The minimum absolute atomic E-state index is 0.00948. The monoisotopic (exact) mass is 448 g/mol. The number of rotatable bonds is 14. The summed E-state index contributed by atoms with van der Waals surface area (Å²) < 4.78 is 11.1. The van der Waals surface area contributed by atoms with Crippen molar-refractivity contribution in [1.29, 1.82) is 0 Å². The van der Waals surface area contributed by atoms with Crippen LogP contribution in [0.1, 0.15) is 64.9 Å². The zero-order valence-electron chi connectivity index (χ0n) is 19.8. The minimum Gasteiger partial charge on any atom is -0.492 e. The maximum Gasteiger partial charge on any atom is 0.333 e. The SMILES string of the molecule is CCOC(Cc1ccc(OCCN(CCCC(C)C)C(=O)NC2CCCC2)cc1)C(=O)O. The van der Waals surface area contributed by atoms with Crippen molar-refractivity contribution in [2.75, 3.05) is 26.3 Å². The maximum absolute atomic E-state index is 12.8. The molecule has 2 N–H and O–H groups in total. The number of carboxylic acid groups (broad SMARTS) is 1. The highest BCUT2D eigenvalue weighted by atomic mass is 16.5. The lowest BCUT2D eigenvalue weighted by molar-refractivity contribution is -0.149. The summed E-state index contributed by atoms with van der Waals surface area (Å²) in [4.78, 5) is 25.9.